The molecule has 0 bridgehead atoms. The van der Waals surface area contributed by atoms with E-state index in [1.165, 1.54) is 18.2 Å². The number of rotatable bonds is 5. The third kappa shape index (κ3) is 5.44. The summed E-state index contributed by atoms with van der Waals surface area (Å²) in [5.74, 6) is -0.00821. The zero-order valence-electron chi connectivity index (χ0n) is 16.2. The number of sulfone groups is 1. The molecule has 2 aromatic carbocycles. The van der Waals surface area contributed by atoms with Gasteiger partial charge in [-0.05, 0) is 42.5 Å². The molecule has 1 heterocycles. The average molecular weight is 471 g/mol. The standard InChI is InChI=1S/C20H20Cl2N2O5S/c1-30(27,28)16-6-7-18(22)17(12-16)20(26)24-10-8-23(9-11-24)19(25)13-29-15-4-2-14(21)3-5-15/h2-7,12H,8-11,13H2,1H3. The van der Waals surface area contributed by atoms with Crippen LogP contribution in [0, 0.1) is 0 Å². The van der Waals surface area contributed by atoms with E-state index in [-0.39, 0.29) is 33.9 Å². The van der Waals surface area contributed by atoms with Crippen molar-refractivity contribution in [2.24, 2.45) is 0 Å². The van der Waals surface area contributed by atoms with Crippen molar-refractivity contribution in [1.82, 2.24) is 9.80 Å². The van der Waals surface area contributed by atoms with E-state index >= 15 is 0 Å². The first-order valence-electron chi connectivity index (χ1n) is 9.10. The second kappa shape index (κ2) is 9.24. The second-order valence-corrected chi connectivity index (χ2v) is 9.69. The van der Waals surface area contributed by atoms with Gasteiger partial charge in [0.2, 0.25) is 0 Å². The van der Waals surface area contributed by atoms with Crippen molar-refractivity contribution in [3.8, 4) is 5.75 Å². The van der Waals surface area contributed by atoms with Crippen LogP contribution in [0.2, 0.25) is 10.0 Å². The smallest absolute Gasteiger partial charge is 0.260 e. The van der Waals surface area contributed by atoms with E-state index in [9.17, 15) is 18.0 Å². The van der Waals surface area contributed by atoms with Crippen molar-refractivity contribution < 1.29 is 22.7 Å². The van der Waals surface area contributed by atoms with Crippen molar-refractivity contribution in [2.45, 2.75) is 4.90 Å². The minimum Gasteiger partial charge on any atom is -0.484 e. The molecule has 160 valence electrons. The normalized spacial score (nSPS) is 14.5. The molecule has 0 unspecified atom stereocenters. The molecule has 1 fully saturated rings. The van der Waals surface area contributed by atoms with Crippen molar-refractivity contribution in [3.05, 3.63) is 58.1 Å². The largest absolute Gasteiger partial charge is 0.484 e. The summed E-state index contributed by atoms with van der Waals surface area (Å²) >= 11 is 11.9. The molecule has 0 aliphatic carbocycles. The molecule has 0 atom stereocenters. The van der Waals surface area contributed by atoms with E-state index in [0.717, 1.165) is 6.26 Å². The first-order chi connectivity index (χ1) is 14.1. The van der Waals surface area contributed by atoms with Gasteiger partial charge in [-0.2, -0.15) is 0 Å². The lowest BCUT2D eigenvalue weighted by Crippen LogP contribution is -2.51. The molecule has 7 nitrogen and oxygen atoms in total. The van der Waals surface area contributed by atoms with Gasteiger partial charge in [-0.15, -0.1) is 0 Å². The lowest BCUT2D eigenvalue weighted by molar-refractivity contribution is -0.134. The third-order valence-corrected chi connectivity index (χ3v) is 6.38. The van der Waals surface area contributed by atoms with E-state index in [1.807, 2.05) is 0 Å². The predicted octanol–water partition coefficient (Wildman–Crippen LogP) is 2.76. The van der Waals surface area contributed by atoms with Gasteiger partial charge in [-0.1, -0.05) is 23.2 Å². The Morgan fingerprint density at radius 2 is 1.57 bits per heavy atom. The van der Waals surface area contributed by atoms with Gasteiger partial charge in [0.25, 0.3) is 11.8 Å². The minimum absolute atomic E-state index is 0.0309. The van der Waals surface area contributed by atoms with E-state index in [1.54, 1.807) is 34.1 Å². The van der Waals surface area contributed by atoms with E-state index in [4.69, 9.17) is 27.9 Å². The van der Waals surface area contributed by atoms with Gasteiger partial charge in [-0.25, -0.2) is 8.42 Å². The van der Waals surface area contributed by atoms with Crippen LogP contribution in [0.4, 0.5) is 0 Å². The zero-order chi connectivity index (χ0) is 21.9. The summed E-state index contributed by atoms with van der Waals surface area (Å²) in [7, 11) is -3.46. The van der Waals surface area contributed by atoms with Gasteiger partial charge in [0.15, 0.2) is 16.4 Å². The topological polar surface area (TPSA) is 84.0 Å². The molecule has 2 aromatic rings. The van der Waals surface area contributed by atoms with E-state index in [2.05, 4.69) is 0 Å². The lowest BCUT2D eigenvalue weighted by atomic mass is 10.1. The quantitative estimate of drug-likeness (QED) is 0.670. The fourth-order valence-corrected chi connectivity index (χ4v) is 3.97. The number of benzene rings is 2. The number of hydrogen-bond donors (Lipinski definition) is 0. The number of nitrogens with zero attached hydrogens (tertiary/aromatic N) is 2. The molecule has 1 aliphatic heterocycles. The Kier molecular flexibility index (Phi) is 6.90. The van der Waals surface area contributed by atoms with Crippen LogP contribution in [-0.4, -0.2) is 69.1 Å². The number of carbonyl (C=O) groups excluding carboxylic acids is 2. The highest BCUT2D eigenvalue weighted by Crippen LogP contribution is 2.23. The SMILES string of the molecule is CS(=O)(=O)c1ccc(Cl)c(C(=O)N2CCN(C(=O)COc3ccc(Cl)cc3)CC2)c1. The first-order valence-corrected chi connectivity index (χ1v) is 11.7. The molecule has 2 amide bonds. The van der Waals surface area contributed by atoms with E-state index < -0.39 is 9.84 Å². The highest BCUT2D eigenvalue weighted by molar-refractivity contribution is 7.90. The molecule has 0 saturated carbocycles. The molecule has 0 radical (unpaired) electrons. The summed E-state index contributed by atoms with van der Waals surface area (Å²) in [6.45, 7) is 1.20. The molecule has 1 saturated heterocycles. The van der Waals surface area contributed by atoms with Crippen LogP contribution in [0.25, 0.3) is 0 Å². The van der Waals surface area contributed by atoms with Crippen LogP contribution >= 0.6 is 23.2 Å². The van der Waals surface area contributed by atoms with Crippen molar-refractivity contribution >= 4 is 44.9 Å². The van der Waals surface area contributed by atoms with Gasteiger partial charge in [0.05, 0.1) is 15.5 Å². The molecule has 0 N–H and O–H groups in total. The highest BCUT2D eigenvalue weighted by atomic mass is 35.5. The van der Waals surface area contributed by atoms with E-state index in [0.29, 0.717) is 37.0 Å². The predicted molar refractivity (Wildman–Crippen MR) is 114 cm³/mol. The third-order valence-electron chi connectivity index (χ3n) is 4.69. The molecule has 30 heavy (non-hydrogen) atoms. The molecule has 3 rings (SSSR count). The molecule has 1 aliphatic rings. The van der Waals surface area contributed by atoms with Crippen LogP contribution < -0.4 is 4.74 Å². The van der Waals surface area contributed by atoms with Gasteiger partial charge in [0.1, 0.15) is 5.75 Å². The maximum Gasteiger partial charge on any atom is 0.260 e. The zero-order valence-corrected chi connectivity index (χ0v) is 18.5. The summed E-state index contributed by atoms with van der Waals surface area (Å²) in [4.78, 5) is 28.4. The van der Waals surface area contributed by atoms with Crippen LogP contribution in [0.3, 0.4) is 0 Å². The van der Waals surface area contributed by atoms with Crippen LogP contribution in [0.1, 0.15) is 10.4 Å². The minimum atomic E-state index is -3.46. The summed E-state index contributed by atoms with van der Waals surface area (Å²) in [6.07, 6.45) is 1.07. The first kappa shape index (κ1) is 22.4. The maximum atomic E-state index is 12.8. The average Bonchev–Trinajstić information content (AvgIpc) is 2.72. The number of amides is 2. The van der Waals surface area contributed by atoms with Gasteiger partial charge >= 0.3 is 0 Å². The summed E-state index contributed by atoms with van der Waals surface area (Å²) < 4.78 is 29.0. The molecule has 0 spiro atoms. The van der Waals surface area contributed by atoms with Crippen molar-refractivity contribution in [1.29, 1.82) is 0 Å². The van der Waals surface area contributed by atoms with Crippen molar-refractivity contribution in [3.63, 3.8) is 0 Å². The maximum absolute atomic E-state index is 12.8. The van der Waals surface area contributed by atoms with Crippen LogP contribution in [-0.2, 0) is 14.6 Å². The Morgan fingerprint density at radius 1 is 0.967 bits per heavy atom. The number of carbonyl (C=O) groups is 2. The summed E-state index contributed by atoms with van der Waals surface area (Å²) in [5, 5.41) is 0.763. The monoisotopic (exact) mass is 470 g/mol. The lowest BCUT2D eigenvalue weighted by Gasteiger charge is -2.35. The second-order valence-electron chi connectivity index (χ2n) is 6.83. The number of ether oxygens (including phenoxy) is 1. The Balaban J connectivity index is 1.58. The Hall–Kier alpha value is -2.29. The highest BCUT2D eigenvalue weighted by Gasteiger charge is 2.27. The van der Waals surface area contributed by atoms with Crippen LogP contribution in [0.15, 0.2) is 47.4 Å². The molecular weight excluding hydrogens is 451 g/mol. The number of hydrogen-bond acceptors (Lipinski definition) is 5. The Morgan fingerprint density at radius 3 is 2.17 bits per heavy atom. The Labute approximate surface area is 185 Å². The number of halogens is 2. The molecule has 0 aromatic heterocycles. The van der Waals surface area contributed by atoms with Crippen molar-refractivity contribution in [2.75, 3.05) is 39.0 Å². The molecule has 10 heteroatoms. The fraction of sp³-hybridized carbons (Fsp3) is 0.300. The fourth-order valence-electron chi connectivity index (χ4n) is 3.00. The summed E-state index contributed by atoms with van der Waals surface area (Å²) in [5.41, 5.74) is 0.130. The molecular formula is C20H20Cl2N2O5S. The summed E-state index contributed by atoms with van der Waals surface area (Å²) in [6, 6.07) is 10.8. The van der Waals surface area contributed by atoms with Gasteiger partial charge in [-0.3, -0.25) is 9.59 Å². The number of piperazine rings is 1. The van der Waals surface area contributed by atoms with Gasteiger partial charge in [0, 0.05) is 37.5 Å². The van der Waals surface area contributed by atoms with Gasteiger partial charge < -0.3 is 14.5 Å². The van der Waals surface area contributed by atoms with Crippen LogP contribution in [0.5, 0.6) is 5.75 Å². The Bertz CT molecular complexity index is 1050.